The molecule has 0 aromatic heterocycles. The lowest BCUT2D eigenvalue weighted by molar-refractivity contribution is 0.0675. The van der Waals surface area contributed by atoms with Gasteiger partial charge in [-0.2, -0.15) is 0 Å². The third-order valence-electron chi connectivity index (χ3n) is 6.23. The highest BCUT2D eigenvalue weighted by Crippen LogP contribution is 2.31. The van der Waals surface area contributed by atoms with E-state index in [1.54, 1.807) is 0 Å². The summed E-state index contributed by atoms with van der Waals surface area (Å²) in [5.41, 5.74) is 7.35. The number of aromatic carboxylic acids is 6. The standard InChI is InChI=1S/C14H10N2O6.C14H8O8/c15-11(17)5-1-2-6(12(16)18)10-8(14(21)22)4-3-7(9(5)10)13(19)20;15-11(16)5-1-2-6(12(17)18)10-8(14(21)22)4-3-7(9(5)10)13(19)20/h1-4H,(H2,15,17)(H2,16,18)(H,19,20)(H,21,22);1-4H,(H,15,16)(H,17,18)(H,19,20)(H,21,22). The van der Waals surface area contributed by atoms with E-state index in [1.165, 1.54) is 0 Å². The molecule has 0 spiro atoms. The molecule has 16 nitrogen and oxygen atoms in total. The van der Waals surface area contributed by atoms with Crippen LogP contribution in [0.3, 0.4) is 0 Å². The summed E-state index contributed by atoms with van der Waals surface area (Å²) in [6.07, 6.45) is 0. The Kier molecular flexibility index (Phi) is 8.61. The van der Waals surface area contributed by atoms with Crippen molar-refractivity contribution >= 4 is 69.2 Å². The van der Waals surface area contributed by atoms with Gasteiger partial charge in [0, 0.05) is 32.7 Å². The first-order valence-electron chi connectivity index (χ1n) is 11.7. The van der Waals surface area contributed by atoms with E-state index in [1.807, 2.05) is 0 Å². The van der Waals surface area contributed by atoms with E-state index in [2.05, 4.69) is 0 Å². The van der Waals surface area contributed by atoms with Crippen LogP contribution in [-0.4, -0.2) is 78.3 Å². The average Bonchev–Trinajstić information content (AvgIpc) is 2.94. The molecule has 0 atom stereocenters. The average molecular weight is 606 g/mol. The summed E-state index contributed by atoms with van der Waals surface area (Å²) in [6, 6.07) is 8.10. The summed E-state index contributed by atoms with van der Waals surface area (Å²) in [6.45, 7) is 0. The molecule has 0 aliphatic heterocycles. The Balaban J connectivity index is 0.000000240. The second kappa shape index (κ2) is 12.0. The largest absolute Gasteiger partial charge is 0.478 e. The van der Waals surface area contributed by atoms with Gasteiger partial charge in [-0.3, -0.25) is 9.59 Å². The lowest BCUT2D eigenvalue weighted by atomic mass is 9.91. The van der Waals surface area contributed by atoms with Gasteiger partial charge in [0.1, 0.15) is 0 Å². The molecule has 0 fully saturated rings. The minimum Gasteiger partial charge on any atom is -0.478 e. The normalized spacial score (nSPS) is 10.4. The third-order valence-corrected chi connectivity index (χ3v) is 6.23. The molecule has 0 aliphatic carbocycles. The smallest absolute Gasteiger partial charge is 0.336 e. The van der Waals surface area contributed by atoms with E-state index < -0.39 is 80.7 Å². The Morgan fingerprint density at radius 3 is 0.591 bits per heavy atom. The van der Waals surface area contributed by atoms with Crippen molar-refractivity contribution in [2.45, 2.75) is 0 Å². The summed E-state index contributed by atoms with van der Waals surface area (Å²) in [5, 5.41) is 53.8. The second-order valence-electron chi connectivity index (χ2n) is 8.70. The number of carbonyl (C=O) groups is 8. The molecule has 44 heavy (non-hydrogen) atoms. The first-order chi connectivity index (χ1) is 20.5. The zero-order chi connectivity index (χ0) is 33.2. The molecule has 224 valence electrons. The number of carboxylic acids is 6. The van der Waals surface area contributed by atoms with Gasteiger partial charge in [-0.25, -0.2) is 28.8 Å². The number of primary amides is 2. The molecule has 10 N–H and O–H groups in total. The van der Waals surface area contributed by atoms with E-state index in [0.717, 1.165) is 48.5 Å². The van der Waals surface area contributed by atoms with Gasteiger partial charge in [0.05, 0.1) is 33.4 Å². The van der Waals surface area contributed by atoms with Crippen molar-refractivity contribution in [3.8, 4) is 0 Å². The maximum absolute atomic E-state index is 11.5. The van der Waals surface area contributed by atoms with Crippen molar-refractivity contribution in [2.75, 3.05) is 0 Å². The maximum Gasteiger partial charge on any atom is 0.336 e. The Morgan fingerprint density at radius 1 is 0.318 bits per heavy atom. The van der Waals surface area contributed by atoms with Gasteiger partial charge < -0.3 is 42.1 Å². The molecule has 4 aromatic rings. The van der Waals surface area contributed by atoms with Crippen LogP contribution in [0.4, 0.5) is 0 Å². The van der Waals surface area contributed by atoms with Crippen LogP contribution in [0.2, 0.25) is 0 Å². The fraction of sp³-hybridized carbons (Fsp3) is 0. The van der Waals surface area contributed by atoms with Gasteiger partial charge in [-0.05, 0) is 48.5 Å². The highest BCUT2D eigenvalue weighted by atomic mass is 16.4. The van der Waals surface area contributed by atoms with E-state index in [0.29, 0.717) is 0 Å². The number of carboxylic acid groups (broad SMARTS) is 6. The Bertz CT molecular complexity index is 1580. The number of carbonyl (C=O) groups excluding carboxylic acids is 2. The van der Waals surface area contributed by atoms with Gasteiger partial charge in [-0.15, -0.1) is 0 Å². The predicted molar refractivity (Wildman–Crippen MR) is 147 cm³/mol. The number of benzene rings is 4. The van der Waals surface area contributed by atoms with Crippen LogP contribution in [0.25, 0.3) is 21.5 Å². The number of rotatable bonds is 8. The summed E-state index contributed by atoms with van der Waals surface area (Å²) < 4.78 is 0. The Labute approximate surface area is 243 Å². The molecule has 0 aliphatic rings. The van der Waals surface area contributed by atoms with Crippen LogP contribution in [0.15, 0.2) is 48.5 Å². The Morgan fingerprint density at radius 2 is 0.455 bits per heavy atom. The monoisotopic (exact) mass is 606 g/mol. The number of hydrogen-bond donors (Lipinski definition) is 8. The van der Waals surface area contributed by atoms with Crippen molar-refractivity contribution < 1.29 is 69.0 Å². The summed E-state index contributed by atoms with van der Waals surface area (Å²) in [4.78, 5) is 90.8. The minimum absolute atomic E-state index is 0.208. The Hall–Kier alpha value is -6.84. The molecule has 0 saturated carbocycles. The van der Waals surface area contributed by atoms with Crippen molar-refractivity contribution in [3.05, 3.63) is 93.0 Å². The summed E-state index contributed by atoms with van der Waals surface area (Å²) >= 11 is 0. The molecule has 2 amide bonds. The van der Waals surface area contributed by atoms with Crippen LogP contribution in [0, 0.1) is 0 Å². The van der Waals surface area contributed by atoms with Gasteiger partial charge in [0.15, 0.2) is 0 Å². The molecule has 0 heterocycles. The quantitative estimate of drug-likeness (QED) is 0.142. The molecule has 16 heteroatoms. The van der Waals surface area contributed by atoms with E-state index in [9.17, 15) is 48.6 Å². The molecule has 4 aromatic carbocycles. The van der Waals surface area contributed by atoms with Crippen LogP contribution < -0.4 is 11.5 Å². The van der Waals surface area contributed by atoms with E-state index >= 15 is 0 Å². The molecular formula is C28H18N2O14. The van der Waals surface area contributed by atoms with Crippen LogP contribution in [-0.2, 0) is 0 Å². The predicted octanol–water partition coefficient (Wildman–Crippen LogP) is 2.07. The fourth-order valence-electron chi connectivity index (χ4n) is 4.47. The first-order valence-corrected chi connectivity index (χ1v) is 11.7. The molecule has 0 radical (unpaired) electrons. The van der Waals surface area contributed by atoms with Gasteiger partial charge in [0.25, 0.3) is 0 Å². The summed E-state index contributed by atoms with van der Waals surface area (Å²) in [5.74, 6) is -10.7. The second-order valence-corrected chi connectivity index (χ2v) is 8.70. The zero-order valence-electron chi connectivity index (χ0n) is 21.7. The number of fused-ring (bicyclic) bond motifs is 2. The molecular weight excluding hydrogens is 588 g/mol. The number of nitrogens with two attached hydrogens (primary N) is 2. The highest BCUT2D eigenvalue weighted by molar-refractivity contribution is 6.23. The van der Waals surface area contributed by atoms with Crippen LogP contribution in [0.5, 0.6) is 0 Å². The van der Waals surface area contributed by atoms with Crippen molar-refractivity contribution in [1.29, 1.82) is 0 Å². The van der Waals surface area contributed by atoms with Gasteiger partial charge >= 0.3 is 35.8 Å². The first kappa shape index (κ1) is 31.7. The van der Waals surface area contributed by atoms with Crippen LogP contribution >= 0.6 is 0 Å². The fourth-order valence-corrected chi connectivity index (χ4v) is 4.47. The lowest BCUT2D eigenvalue weighted by Crippen LogP contribution is -2.18. The number of hydrogen-bond acceptors (Lipinski definition) is 8. The summed E-state index contributed by atoms with van der Waals surface area (Å²) in [7, 11) is 0. The third kappa shape index (κ3) is 5.66. The van der Waals surface area contributed by atoms with Crippen molar-refractivity contribution in [3.63, 3.8) is 0 Å². The molecule has 0 saturated heterocycles. The molecule has 0 bridgehead atoms. The maximum atomic E-state index is 11.5. The number of amides is 2. The van der Waals surface area contributed by atoms with Gasteiger partial charge in [-0.1, -0.05) is 0 Å². The lowest BCUT2D eigenvalue weighted by Gasteiger charge is -2.12. The molecule has 4 rings (SSSR count). The van der Waals surface area contributed by atoms with Crippen molar-refractivity contribution in [2.24, 2.45) is 11.5 Å². The van der Waals surface area contributed by atoms with E-state index in [4.69, 9.17) is 31.9 Å². The van der Waals surface area contributed by atoms with Gasteiger partial charge in [0.2, 0.25) is 11.8 Å². The van der Waals surface area contributed by atoms with Crippen LogP contribution in [0.1, 0.15) is 82.9 Å². The highest BCUT2D eigenvalue weighted by Gasteiger charge is 2.26. The molecule has 0 unspecified atom stereocenters. The topological polar surface area (TPSA) is 310 Å². The zero-order valence-corrected chi connectivity index (χ0v) is 21.7. The van der Waals surface area contributed by atoms with E-state index in [-0.39, 0.29) is 33.0 Å². The van der Waals surface area contributed by atoms with Crippen molar-refractivity contribution in [1.82, 2.24) is 0 Å². The SMILES string of the molecule is NC(=O)c1ccc(C(N)=O)c2c(C(=O)O)ccc(C(=O)O)c12.O=C(O)c1ccc(C(=O)O)c2c(C(=O)O)ccc(C(=O)O)c12. The minimum atomic E-state index is -1.49.